The van der Waals surface area contributed by atoms with Crippen LogP contribution in [0, 0.1) is 23.3 Å². The van der Waals surface area contributed by atoms with Crippen molar-refractivity contribution in [3.05, 3.63) is 53.1 Å². The summed E-state index contributed by atoms with van der Waals surface area (Å²) in [6.07, 6.45) is 2.64. The quantitative estimate of drug-likeness (QED) is 0.365. The smallest absolute Gasteiger partial charge is 0.205 e. The molecule has 2 aromatic rings. The Bertz CT molecular complexity index is 643. The molecule has 0 N–H and O–H groups in total. The van der Waals surface area contributed by atoms with Gasteiger partial charge in [0.25, 0.3) is 0 Å². The maximum atomic E-state index is 13.5. The van der Waals surface area contributed by atoms with Crippen LogP contribution in [0.25, 0.3) is 0 Å². The highest BCUT2D eigenvalue weighted by Crippen LogP contribution is 2.34. The van der Waals surface area contributed by atoms with Gasteiger partial charge in [-0.25, -0.2) is 13.2 Å². The molecule has 0 bridgehead atoms. The number of benzene rings is 2. The zero-order valence-electron chi connectivity index (χ0n) is 13.2. The van der Waals surface area contributed by atoms with Crippen molar-refractivity contribution in [2.75, 3.05) is 0 Å². The monoisotopic (exact) mass is 364 g/mol. The van der Waals surface area contributed by atoms with Gasteiger partial charge in [0.2, 0.25) is 17.4 Å². The Hall–Kier alpha value is -1.76. The second kappa shape index (κ2) is 9.52. The van der Waals surface area contributed by atoms with Gasteiger partial charge in [0.1, 0.15) is 12.4 Å². The molecule has 2 rings (SSSR count). The number of rotatable bonds is 4. The average molecular weight is 364 g/mol. The van der Waals surface area contributed by atoms with E-state index in [2.05, 4.69) is 26.5 Å². The number of alkyl halides is 1. The topological polar surface area (TPSA) is 9.23 Å². The van der Waals surface area contributed by atoms with E-state index in [1.807, 2.05) is 0 Å². The van der Waals surface area contributed by atoms with Crippen LogP contribution in [0.4, 0.5) is 22.0 Å². The molecule has 0 aliphatic rings. The lowest BCUT2D eigenvalue weighted by Crippen LogP contribution is -2.01. The lowest BCUT2D eigenvalue weighted by atomic mass is 10.2. The normalized spacial score (nSPS) is 10.2. The van der Waals surface area contributed by atoms with Gasteiger partial charge in [-0.2, -0.15) is 8.78 Å². The summed E-state index contributed by atoms with van der Waals surface area (Å²) in [6.45, 7) is 3.64. The van der Waals surface area contributed by atoms with Crippen molar-refractivity contribution < 1.29 is 26.7 Å². The fraction of sp³-hybridized carbons (Fsp3) is 0.294. The number of hydrogen-bond donors (Lipinski definition) is 1. The van der Waals surface area contributed by atoms with E-state index in [9.17, 15) is 22.0 Å². The minimum Gasteiger partial charge on any atom is -0.451 e. The van der Waals surface area contributed by atoms with Crippen LogP contribution >= 0.6 is 12.6 Å². The van der Waals surface area contributed by atoms with Crippen LogP contribution in [0.1, 0.15) is 32.3 Å². The number of hydrogen-bond acceptors (Lipinski definition) is 2. The van der Waals surface area contributed by atoms with E-state index < -0.39 is 40.6 Å². The van der Waals surface area contributed by atoms with E-state index in [1.54, 1.807) is 0 Å². The van der Waals surface area contributed by atoms with E-state index >= 15 is 0 Å². The lowest BCUT2D eigenvalue weighted by molar-refractivity contribution is 0.353. The molecular weight excluding hydrogens is 347 g/mol. The Morgan fingerprint density at radius 3 is 1.67 bits per heavy atom. The molecule has 0 unspecified atom stereocenters. The highest BCUT2D eigenvalue weighted by atomic mass is 32.1. The molecule has 0 aliphatic heterocycles. The molecule has 2 aromatic carbocycles. The van der Waals surface area contributed by atoms with Gasteiger partial charge in [0.15, 0.2) is 11.6 Å². The molecule has 0 radical (unpaired) electrons. The predicted octanol–water partition coefficient (Wildman–Crippen LogP) is 6.60. The number of unbranched alkanes of at least 4 members (excludes halogenated alkanes) is 1. The largest absolute Gasteiger partial charge is 0.451 e. The Morgan fingerprint density at radius 2 is 1.29 bits per heavy atom. The highest BCUT2D eigenvalue weighted by Gasteiger charge is 2.25. The van der Waals surface area contributed by atoms with Crippen molar-refractivity contribution in [1.82, 2.24) is 0 Å². The van der Waals surface area contributed by atoms with Crippen molar-refractivity contribution in [2.24, 2.45) is 0 Å². The van der Waals surface area contributed by atoms with Crippen molar-refractivity contribution >= 4 is 12.6 Å². The van der Waals surface area contributed by atoms with Gasteiger partial charge in [-0.3, -0.25) is 0 Å². The van der Waals surface area contributed by atoms with Crippen LogP contribution in [0.5, 0.6) is 11.5 Å². The van der Waals surface area contributed by atoms with Gasteiger partial charge in [0, 0.05) is 0 Å². The van der Waals surface area contributed by atoms with E-state index in [4.69, 9.17) is 4.74 Å². The molecule has 7 heteroatoms. The second-order valence-corrected chi connectivity index (χ2v) is 5.26. The summed E-state index contributed by atoms with van der Waals surface area (Å²) in [4.78, 5) is -1.07. The number of thiol groups is 1. The van der Waals surface area contributed by atoms with Gasteiger partial charge in [-0.1, -0.05) is 38.8 Å². The van der Waals surface area contributed by atoms with E-state index in [0.717, 1.165) is 0 Å². The summed E-state index contributed by atoms with van der Waals surface area (Å²) in [5.74, 6) is -7.99. The first-order valence-electron chi connectivity index (χ1n) is 7.24. The summed E-state index contributed by atoms with van der Waals surface area (Å²) < 4.78 is 70.6. The summed E-state index contributed by atoms with van der Waals surface area (Å²) in [5, 5.41) is 0. The van der Waals surface area contributed by atoms with E-state index in [1.165, 1.54) is 37.1 Å². The second-order valence-electron chi connectivity index (χ2n) is 4.81. The third-order valence-electron chi connectivity index (χ3n) is 3.00. The van der Waals surface area contributed by atoms with Gasteiger partial charge in [0.05, 0.1) is 4.90 Å². The third-order valence-corrected chi connectivity index (χ3v) is 3.39. The standard InChI is InChI=1S/C13H7F5OS.C4H10/c14-5-6-1-3-7(4-2-6)19-12-8(15)10(17)13(20)11(18)9(12)16;1-3-4-2/h1-4,20H,5H2;3-4H2,1-2H3. The Morgan fingerprint density at radius 1 is 0.833 bits per heavy atom. The molecule has 24 heavy (non-hydrogen) atoms. The Kier molecular flexibility index (Phi) is 8.04. The van der Waals surface area contributed by atoms with Gasteiger partial charge in [-0.15, -0.1) is 12.6 Å². The Labute approximate surface area is 142 Å². The van der Waals surface area contributed by atoms with Gasteiger partial charge in [-0.05, 0) is 17.7 Å². The van der Waals surface area contributed by atoms with Crippen molar-refractivity contribution in [2.45, 2.75) is 38.3 Å². The molecule has 0 aliphatic carbocycles. The van der Waals surface area contributed by atoms with Crippen LogP contribution < -0.4 is 4.74 Å². The molecule has 0 aromatic heterocycles. The highest BCUT2D eigenvalue weighted by molar-refractivity contribution is 7.80. The molecule has 0 atom stereocenters. The SMILES string of the molecule is CCCC.FCc1ccc(Oc2c(F)c(F)c(S)c(F)c2F)cc1. The molecule has 0 spiro atoms. The maximum absolute atomic E-state index is 13.5. The fourth-order valence-corrected chi connectivity index (χ4v) is 1.65. The summed E-state index contributed by atoms with van der Waals surface area (Å²) in [7, 11) is 0. The fourth-order valence-electron chi connectivity index (χ4n) is 1.45. The van der Waals surface area contributed by atoms with Gasteiger partial charge >= 0.3 is 0 Å². The average Bonchev–Trinajstić information content (AvgIpc) is 2.62. The van der Waals surface area contributed by atoms with Gasteiger partial charge < -0.3 is 4.74 Å². The maximum Gasteiger partial charge on any atom is 0.205 e. The zero-order valence-corrected chi connectivity index (χ0v) is 14.1. The first-order valence-corrected chi connectivity index (χ1v) is 7.69. The van der Waals surface area contributed by atoms with Crippen molar-refractivity contribution in [3.63, 3.8) is 0 Å². The molecule has 1 nitrogen and oxygen atoms in total. The molecule has 0 amide bonds. The van der Waals surface area contributed by atoms with E-state index in [0.29, 0.717) is 5.56 Å². The first-order chi connectivity index (χ1) is 11.4. The first kappa shape index (κ1) is 20.3. The van der Waals surface area contributed by atoms with Crippen molar-refractivity contribution in [1.29, 1.82) is 0 Å². The Balaban J connectivity index is 0.000000648. The summed E-state index contributed by atoms with van der Waals surface area (Å²) in [6, 6.07) is 5.06. The number of halogens is 5. The molecule has 0 heterocycles. The number of ether oxygens (including phenoxy) is 1. The molecule has 132 valence electrons. The molecule has 0 saturated carbocycles. The summed E-state index contributed by atoms with van der Waals surface area (Å²) >= 11 is 3.32. The predicted molar refractivity (Wildman–Crippen MR) is 85.4 cm³/mol. The van der Waals surface area contributed by atoms with Crippen LogP contribution in [0.2, 0.25) is 0 Å². The lowest BCUT2D eigenvalue weighted by Gasteiger charge is -2.10. The van der Waals surface area contributed by atoms with Crippen LogP contribution in [-0.2, 0) is 6.67 Å². The molecule has 0 saturated heterocycles. The summed E-state index contributed by atoms with van der Waals surface area (Å²) in [5.41, 5.74) is 0.321. The zero-order chi connectivity index (χ0) is 18.3. The van der Waals surface area contributed by atoms with Crippen LogP contribution in [0.15, 0.2) is 29.2 Å². The third kappa shape index (κ3) is 4.87. The van der Waals surface area contributed by atoms with Crippen LogP contribution in [-0.4, -0.2) is 0 Å². The van der Waals surface area contributed by atoms with Crippen molar-refractivity contribution in [3.8, 4) is 11.5 Å². The minimum absolute atomic E-state index is 0.0919. The van der Waals surface area contributed by atoms with E-state index in [-0.39, 0.29) is 5.75 Å². The van der Waals surface area contributed by atoms with Crippen LogP contribution in [0.3, 0.4) is 0 Å². The molecular formula is C17H17F5OS. The molecule has 0 fully saturated rings. The minimum atomic E-state index is -1.69.